The van der Waals surface area contributed by atoms with Crippen LogP contribution in [0.25, 0.3) is 0 Å². The van der Waals surface area contributed by atoms with E-state index in [-0.39, 0.29) is 5.91 Å². The minimum atomic E-state index is 0.0265. The van der Waals surface area contributed by atoms with Crippen molar-refractivity contribution in [3.63, 3.8) is 0 Å². The number of hydrogen-bond acceptors (Lipinski definition) is 2. The molecule has 1 aromatic carbocycles. The summed E-state index contributed by atoms with van der Waals surface area (Å²) < 4.78 is 0. The van der Waals surface area contributed by atoms with Gasteiger partial charge in [-0.15, -0.1) is 0 Å². The van der Waals surface area contributed by atoms with Crippen molar-refractivity contribution in [3.05, 3.63) is 28.8 Å². The van der Waals surface area contributed by atoms with Gasteiger partial charge in [-0.2, -0.15) is 0 Å². The van der Waals surface area contributed by atoms with E-state index in [0.29, 0.717) is 22.2 Å². The summed E-state index contributed by atoms with van der Waals surface area (Å²) >= 11 is 5.94. The second-order valence-electron chi connectivity index (χ2n) is 4.91. The molecule has 4 heteroatoms. The van der Waals surface area contributed by atoms with E-state index in [1.165, 1.54) is 19.3 Å². The lowest BCUT2D eigenvalue weighted by Crippen LogP contribution is -2.37. The Bertz CT molecular complexity index is 423. The highest BCUT2D eigenvalue weighted by Gasteiger charge is 2.23. The van der Waals surface area contributed by atoms with Crippen molar-refractivity contribution in [1.29, 1.82) is 0 Å². The number of benzene rings is 1. The van der Waals surface area contributed by atoms with Crippen molar-refractivity contribution >= 4 is 23.2 Å². The highest BCUT2D eigenvalue weighted by molar-refractivity contribution is 6.31. The average Bonchev–Trinajstić information content (AvgIpc) is 2.26. The molecule has 0 bridgehead atoms. The van der Waals surface area contributed by atoms with Crippen LogP contribution < -0.4 is 5.73 Å². The van der Waals surface area contributed by atoms with Crippen molar-refractivity contribution in [2.45, 2.75) is 26.2 Å². The Morgan fingerprint density at radius 2 is 2.17 bits per heavy atom. The quantitative estimate of drug-likeness (QED) is 0.851. The van der Waals surface area contributed by atoms with E-state index >= 15 is 0 Å². The van der Waals surface area contributed by atoms with E-state index in [9.17, 15) is 4.79 Å². The number of rotatable bonds is 4. The van der Waals surface area contributed by atoms with Gasteiger partial charge < -0.3 is 10.6 Å². The minimum Gasteiger partial charge on any atom is -0.399 e. The van der Waals surface area contributed by atoms with Gasteiger partial charge in [0, 0.05) is 29.4 Å². The second kappa shape index (κ2) is 5.61. The van der Waals surface area contributed by atoms with Crippen LogP contribution in [0.2, 0.25) is 5.02 Å². The van der Waals surface area contributed by atoms with Crippen molar-refractivity contribution in [2.24, 2.45) is 5.92 Å². The number of nitrogens with two attached hydrogens (primary N) is 1. The van der Waals surface area contributed by atoms with Crippen molar-refractivity contribution in [2.75, 3.05) is 18.8 Å². The summed E-state index contributed by atoms with van der Waals surface area (Å²) in [4.78, 5) is 14.3. The zero-order valence-corrected chi connectivity index (χ0v) is 11.4. The summed E-state index contributed by atoms with van der Waals surface area (Å²) in [6.07, 6.45) is 3.77. The second-order valence-corrected chi connectivity index (χ2v) is 5.35. The first-order chi connectivity index (χ1) is 8.60. The minimum absolute atomic E-state index is 0.0265. The molecule has 0 heterocycles. The molecule has 98 valence electrons. The first-order valence-electron chi connectivity index (χ1n) is 6.45. The molecular weight excluding hydrogens is 248 g/mol. The molecule has 3 nitrogen and oxygen atoms in total. The van der Waals surface area contributed by atoms with Gasteiger partial charge in [0.2, 0.25) is 0 Å². The Hall–Kier alpha value is -1.22. The third-order valence-corrected chi connectivity index (χ3v) is 3.76. The fourth-order valence-electron chi connectivity index (χ4n) is 2.26. The molecule has 0 aromatic heterocycles. The van der Waals surface area contributed by atoms with Crippen LogP contribution in [0.15, 0.2) is 18.2 Å². The van der Waals surface area contributed by atoms with Crippen LogP contribution in [0.3, 0.4) is 0 Å². The standard InChI is InChI=1S/C14H19ClN2O/c1-2-17(9-10-4-3-5-10)14(18)11-6-12(15)8-13(16)7-11/h6-8,10H,2-5,9,16H2,1H3. The molecule has 2 N–H and O–H groups in total. The van der Waals surface area contributed by atoms with Gasteiger partial charge in [-0.1, -0.05) is 18.0 Å². The van der Waals surface area contributed by atoms with E-state index in [1.807, 2.05) is 11.8 Å². The monoisotopic (exact) mass is 266 g/mol. The SMILES string of the molecule is CCN(CC1CCC1)C(=O)c1cc(N)cc(Cl)c1. The molecule has 1 aliphatic rings. The summed E-state index contributed by atoms with van der Waals surface area (Å²) in [5.41, 5.74) is 6.84. The molecule has 0 atom stereocenters. The molecule has 0 aliphatic heterocycles. The van der Waals surface area contributed by atoms with E-state index in [4.69, 9.17) is 17.3 Å². The summed E-state index contributed by atoms with van der Waals surface area (Å²) in [6.45, 7) is 3.58. The lowest BCUT2D eigenvalue weighted by atomic mass is 9.85. The lowest BCUT2D eigenvalue weighted by molar-refractivity contribution is 0.0706. The Morgan fingerprint density at radius 1 is 1.44 bits per heavy atom. The normalized spacial score (nSPS) is 15.2. The highest BCUT2D eigenvalue weighted by atomic mass is 35.5. The zero-order valence-electron chi connectivity index (χ0n) is 10.7. The average molecular weight is 267 g/mol. The molecule has 1 amide bonds. The first-order valence-corrected chi connectivity index (χ1v) is 6.83. The predicted molar refractivity (Wildman–Crippen MR) is 74.8 cm³/mol. The number of carbonyl (C=O) groups excluding carboxylic acids is 1. The lowest BCUT2D eigenvalue weighted by Gasteiger charge is -2.31. The number of anilines is 1. The molecule has 18 heavy (non-hydrogen) atoms. The van der Waals surface area contributed by atoms with Crippen LogP contribution in [0.5, 0.6) is 0 Å². The summed E-state index contributed by atoms with van der Waals surface area (Å²) in [7, 11) is 0. The van der Waals surface area contributed by atoms with E-state index in [2.05, 4.69) is 0 Å². The zero-order chi connectivity index (χ0) is 13.1. The Morgan fingerprint density at radius 3 is 2.67 bits per heavy atom. The number of nitrogens with zero attached hydrogens (tertiary/aromatic N) is 1. The van der Waals surface area contributed by atoms with Gasteiger partial charge in [0.1, 0.15) is 0 Å². The molecule has 1 saturated carbocycles. The molecule has 1 aliphatic carbocycles. The maximum Gasteiger partial charge on any atom is 0.253 e. The molecular formula is C14H19ClN2O. The van der Waals surface area contributed by atoms with Crippen LogP contribution in [-0.2, 0) is 0 Å². The largest absolute Gasteiger partial charge is 0.399 e. The van der Waals surface area contributed by atoms with Crippen molar-refractivity contribution in [1.82, 2.24) is 4.90 Å². The number of hydrogen-bond donors (Lipinski definition) is 1. The Kier molecular flexibility index (Phi) is 4.12. The maximum atomic E-state index is 12.4. The van der Waals surface area contributed by atoms with E-state index in [0.717, 1.165) is 13.1 Å². The van der Waals surface area contributed by atoms with Crippen LogP contribution in [-0.4, -0.2) is 23.9 Å². The third kappa shape index (κ3) is 2.96. The molecule has 1 aromatic rings. The molecule has 1 fully saturated rings. The van der Waals surface area contributed by atoms with E-state index < -0.39 is 0 Å². The summed E-state index contributed by atoms with van der Waals surface area (Å²) in [5, 5.41) is 0.512. The van der Waals surface area contributed by atoms with Gasteiger partial charge >= 0.3 is 0 Å². The maximum absolute atomic E-state index is 12.4. The Labute approximate surface area is 113 Å². The smallest absolute Gasteiger partial charge is 0.253 e. The van der Waals surface area contributed by atoms with Gasteiger partial charge in [-0.25, -0.2) is 0 Å². The highest BCUT2D eigenvalue weighted by Crippen LogP contribution is 2.28. The van der Waals surface area contributed by atoms with E-state index in [1.54, 1.807) is 18.2 Å². The van der Waals surface area contributed by atoms with Crippen molar-refractivity contribution in [3.8, 4) is 0 Å². The number of amides is 1. The summed E-state index contributed by atoms with van der Waals surface area (Å²) in [5.74, 6) is 0.698. The first kappa shape index (κ1) is 13.2. The van der Waals surface area contributed by atoms with Gasteiger partial charge in [0.25, 0.3) is 5.91 Å². The Balaban J connectivity index is 2.11. The van der Waals surface area contributed by atoms with Gasteiger partial charge in [-0.05, 0) is 43.9 Å². The molecule has 2 rings (SSSR count). The number of halogens is 1. The van der Waals surface area contributed by atoms with Crippen LogP contribution in [0.4, 0.5) is 5.69 Å². The summed E-state index contributed by atoms with van der Waals surface area (Å²) in [6, 6.07) is 5.03. The van der Waals surface area contributed by atoms with Crippen LogP contribution in [0.1, 0.15) is 36.5 Å². The fourth-order valence-corrected chi connectivity index (χ4v) is 2.50. The number of nitrogen functional groups attached to an aromatic ring is 1. The van der Waals surface area contributed by atoms with Crippen LogP contribution >= 0.6 is 11.6 Å². The fraction of sp³-hybridized carbons (Fsp3) is 0.500. The van der Waals surface area contributed by atoms with Gasteiger partial charge in [0.15, 0.2) is 0 Å². The van der Waals surface area contributed by atoms with Gasteiger partial charge in [0.05, 0.1) is 0 Å². The predicted octanol–water partition coefficient (Wildman–Crippen LogP) is 3.18. The third-order valence-electron chi connectivity index (χ3n) is 3.54. The number of carbonyl (C=O) groups is 1. The molecule has 0 unspecified atom stereocenters. The van der Waals surface area contributed by atoms with Crippen molar-refractivity contribution < 1.29 is 4.79 Å². The van der Waals surface area contributed by atoms with Crippen LogP contribution in [0, 0.1) is 5.92 Å². The molecule has 0 spiro atoms. The topological polar surface area (TPSA) is 46.3 Å². The van der Waals surface area contributed by atoms with Gasteiger partial charge in [-0.3, -0.25) is 4.79 Å². The molecule has 0 saturated heterocycles. The molecule has 0 radical (unpaired) electrons.